The summed E-state index contributed by atoms with van der Waals surface area (Å²) >= 11 is 0. The summed E-state index contributed by atoms with van der Waals surface area (Å²) in [5.74, 6) is 0.458. The quantitative estimate of drug-likeness (QED) is 0.727. The standard InChI is InChI=1S/C21H28N4O4/c1-13(2)11-16(20(26)29-4)24-21(27)25-10-9-15-18(23-12-22-15)19(25)14-7-5-6-8-17(14)28-3/h5-8,12-13,16,19H,9-11H2,1-4H3,(H,22,23)(H,24,27)/t16-,19?/m0/s1. The van der Waals surface area contributed by atoms with E-state index in [1.165, 1.54) is 7.11 Å². The molecule has 1 aliphatic heterocycles. The van der Waals surface area contributed by atoms with Gasteiger partial charge in [-0.2, -0.15) is 0 Å². The molecule has 2 aromatic rings. The molecule has 2 amide bonds. The first-order valence-electron chi connectivity index (χ1n) is 9.76. The fraction of sp³-hybridized carbons (Fsp3) is 0.476. The van der Waals surface area contributed by atoms with Crippen LogP contribution in [0, 0.1) is 5.92 Å². The number of aromatic nitrogens is 2. The molecule has 0 bridgehead atoms. The fourth-order valence-corrected chi connectivity index (χ4v) is 3.76. The van der Waals surface area contributed by atoms with Crippen LogP contribution in [0.4, 0.5) is 4.79 Å². The van der Waals surface area contributed by atoms with Crippen molar-refractivity contribution in [3.8, 4) is 5.75 Å². The Labute approximate surface area is 170 Å². The van der Waals surface area contributed by atoms with Crippen molar-refractivity contribution in [3.63, 3.8) is 0 Å². The lowest BCUT2D eigenvalue weighted by Gasteiger charge is -2.36. The second-order valence-electron chi connectivity index (χ2n) is 7.51. The van der Waals surface area contributed by atoms with Gasteiger partial charge in [0.05, 0.1) is 26.2 Å². The van der Waals surface area contributed by atoms with Crippen LogP contribution in [0.5, 0.6) is 5.75 Å². The minimum Gasteiger partial charge on any atom is -0.496 e. The Morgan fingerprint density at radius 3 is 2.76 bits per heavy atom. The molecule has 2 heterocycles. The SMILES string of the molecule is COC(=O)[C@H](CC(C)C)NC(=O)N1CCc2[nH]cnc2C1c1ccccc1OC. The van der Waals surface area contributed by atoms with Gasteiger partial charge >= 0.3 is 12.0 Å². The Bertz CT molecular complexity index is 864. The lowest BCUT2D eigenvalue weighted by molar-refractivity contribution is -0.143. The number of hydrogen-bond acceptors (Lipinski definition) is 5. The van der Waals surface area contributed by atoms with Crippen LogP contribution in [0.2, 0.25) is 0 Å². The number of carbonyl (C=O) groups is 2. The van der Waals surface area contributed by atoms with Crippen molar-refractivity contribution in [2.75, 3.05) is 20.8 Å². The lowest BCUT2D eigenvalue weighted by atomic mass is 9.95. The fourth-order valence-electron chi connectivity index (χ4n) is 3.76. The maximum absolute atomic E-state index is 13.3. The van der Waals surface area contributed by atoms with Crippen LogP contribution in [-0.4, -0.2) is 53.7 Å². The van der Waals surface area contributed by atoms with Crippen LogP contribution in [0.15, 0.2) is 30.6 Å². The predicted molar refractivity (Wildman–Crippen MR) is 108 cm³/mol. The number of benzene rings is 1. The van der Waals surface area contributed by atoms with Gasteiger partial charge in [0.2, 0.25) is 0 Å². The van der Waals surface area contributed by atoms with Gasteiger partial charge in [-0.25, -0.2) is 14.6 Å². The Morgan fingerprint density at radius 2 is 2.07 bits per heavy atom. The van der Waals surface area contributed by atoms with Crippen molar-refractivity contribution in [3.05, 3.63) is 47.5 Å². The highest BCUT2D eigenvalue weighted by molar-refractivity contribution is 5.84. The smallest absolute Gasteiger partial charge is 0.328 e. The van der Waals surface area contributed by atoms with Gasteiger partial charge in [-0.3, -0.25) is 0 Å². The van der Waals surface area contributed by atoms with Gasteiger partial charge in [-0.15, -0.1) is 0 Å². The van der Waals surface area contributed by atoms with E-state index in [4.69, 9.17) is 9.47 Å². The number of nitrogens with zero attached hydrogens (tertiary/aromatic N) is 2. The highest BCUT2D eigenvalue weighted by Crippen LogP contribution is 2.37. The summed E-state index contributed by atoms with van der Waals surface area (Å²) in [6.45, 7) is 4.48. The highest BCUT2D eigenvalue weighted by atomic mass is 16.5. The Kier molecular flexibility index (Phi) is 6.41. The van der Waals surface area contributed by atoms with E-state index >= 15 is 0 Å². The molecule has 0 radical (unpaired) electrons. The number of urea groups is 1. The topological polar surface area (TPSA) is 96.6 Å². The normalized spacial score (nSPS) is 16.9. The summed E-state index contributed by atoms with van der Waals surface area (Å²) in [4.78, 5) is 34.8. The van der Waals surface area contributed by atoms with E-state index < -0.39 is 18.1 Å². The van der Waals surface area contributed by atoms with E-state index in [2.05, 4.69) is 15.3 Å². The summed E-state index contributed by atoms with van der Waals surface area (Å²) in [6, 6.07) is 6.14. The van der Waals surface area contributed by atoms with E-state index in [1.807, 2.05) is 38.1 Å². The molecule has 2 atom stereocenters. The second-order valence-corrected chi connectivity index (χ2v) is 7.51. The number of aromatic amines is 1. The van der Waals surface area contributed by atoms with E-state index in [-0.39, 0.29) is 11.9 Å². The third-order valence-corrected chi connectivity index (χ3v) is 5.11. The first-order chi connectivity index (χ1) is 14.0. The van der Waals surface area contributed by atoms with Gasteiger partial charge in [-0.05, 0) is 18.4 Å². The van der Waals surface area contributed by atoms with Gasteiger partial charge in [-0.1, -0.05) is 32.0 Å². The Morgan fingerprint density at radius 1 is 1.31 bits per heavy atom. The van der Waals surface area contributed by atoms with E-state index in [1.54, 1.807) is 18.3 Å². The molecule has 0 aliphatic carbocycles. The zero-order valence-electron chi connectivity index (χ0n) is 17.3. The van der Waals surface area contributed by atoms with Crippen LogP contribution >= 0.6 is 0 Å². The van der Waals surface area contributed by atoms with Crippen molar-refractivity contribution in [2.24, 2.45) is 5.92 Å². The summed E-state index contributed by atoms with van der Waals surface area (Å²) in [7, 11) is 2.93. The average molecular weight is 400 g/mol. The maximum atomic E-state index is 13.3. The number of amides is 2. The molecule has 0 fully saturated rings. The zero-order valence-corrected chi connectivity index (χ0v) is 17.3. The number of H-pyrrole nitrogens is 1. The molecule has 156 valence electrons. The third-order valence-electron chi connectivity index (χ3n) is 5.11. The molecule has 1 aromatic heterocycles. The summed E-state index contributed by atoms with van der Waals surface area (Å²) in [5.41, 5.74) is 2.63. The Balaban J connectivity index is 1.94. The molecule has 29 heavy (non-hydrogen) atoms. The number of methoxy groups -OCH3 is 2. The number of esters is 1. The highest BCUT2D eigenvalue weighted by Gasteiger charge is 2.37. The third kappa shape index (κ3) is 4.36. The molecule has 0 saturated heterocycles. The van der Waals surface area contributed by atoms with Crippen LogP contribution < -0.4 is 10.1 Å². The number of fused-ring (bicyclic) bond motifs is 1. The minimum atomic E-state index is -0.702. The van der Waals surface area contributed by atoms with Crippen LogP contribution in [-0.2, 0) is 16.0 Å². The summed E-state index contributed by atoms with van der Waals surface area (Å²) in [6.07, 6.45) is 2.80. The number of carbonyl (C=O) groups excluding carboxylic acids is 2. The molecule has 2 N–H and O–H groups in total. The molecular weight excluding hydrogens is 372 g/mol. The van der Waals surface area contributed by atoms with E-state index in [9.17, 15) is 9.59 Å². The number of imidazole rings is 1. The van der Waals surface area contributed by atoms with Crippen molar-refractivity contribution < 1.29 is 19.1 Å². The van der Waals surface area contributed by atoms with Gasteiger partial charge in [0, 0.05) is 24.2 Å². The van der Waals surface area contributed by atoms with Gasteiger partial charge in [0.25, 0.3) is 0 Å². The monoisotopic (exact) mass is 400 g/mol. The summed E-state index contributed by atoms with van der Waals surface area (Å²) < 4.78 is 10.4. The first kappa shape index (κ1) is 20.7. The average Bonchev–Trinajstić information content (AvgIpc) is 3.20. The zero-order chi connectivity index (χ0) is 21.0. The number of rotatable bonds is 6. The first-order valence-corrected chi connectivity index (χ1v) is 9.76. The molecule has 8 heteroatoms. The molecule has 1 aromatic carbocycles. The van der Waals surface area contributed by atoms with Crippen molar-refractivity contribution in [2.45, 2.75) is 38.8 Å². The largest absolute Gasteiger partial charge is 0.496 e. The van der Waals surface area contributed by atoms with Crippen molar-refractivity contribution in [1.82, 2.24) is 20.2 Å². The molecule has 0 spiro atoms. The summed E-state index contributed by atoms with van der Waals surface area (Å²) in [5, 5.41) is 2.86. The molecule has 8 nitrogen and oxygen atoms in total. The molecular formula is C21H28N4O4. The molecule has 0 saturated carbocycles. The number of hydrogen-bond donors (Lipinski definition) is 2. The van der Waals surface area contributed by atoms with Crippen LogP contribution in [0.25, 0.3) is 0 Å². The maximum Gasteiger partial charge on any atom is 0.328 e. The molecule has 1 unspecified atom stereocenters. The predicted octanol–water partition coefficient (Wildman–Crippen LogP) is 2.66. The van der Waals surface area contributed by atoms with E-state index in [0.717, 1.165) is 17.0 Å². The van der Waals surface area contributed by atoms with Gasteiger partial charge in [0.15, 0.2) is 0 Å². The van der Waals surface area contributed by atoms with Gasteiger partial charge < -0.3 is 24.7 Å². The van der Waals surface area contributed by atoms with Crippen molar-refractivity contribution >= 4 is 12.0 Å². The lowest BCUT2D eigenvalue weighted by Crippen LogP contribution is -2.51. The molecule has 3 rings (SSSR count). The Hall–Kier alpha value is -3.03. The minimum absolute atomic E-state index is 0.226. The van der Waals surface area contributed by atoms with Crippen molar-refractivity contribution in [1.29, 1.82) is 0 Å². The van der Waals surface area contributed by atoms with Crippen LogP contribution in [0.3, 0.4) is 0 Å². The number of nitrogens with one attached hydrogen (secondary N) is 2. The van der Waals surface area contributed by atoms with E-state index in [0.29, 0.717) is 25.1 Å². The number of para-hydroxylation sites is 1. The second kappa shape index (κ2) is 8.98. The van der Waals surface area contributed by atoms with Gasteiger partial charge in [0.1, 0.15) is 17.8 Å². The molecule has 1 aliphatic rings. The number of ether oxygens (including phenoxy) is 2. The van der Waals surface area contributed by atoms with Crippen LogP contribution in [0.1, 0.15) is 43.3 Å².